The number of benzene rings is 1. The van der Waals surface area contributed by atoms with Crippen LogP contribution in [-0.4, -0.2) is 57.8 Å². The molecule has 2 rings (SSSR count). The van der Waals surface area contributed by atoms with Crippen LogP contribution in [0.1, 0.15) is 25.3 Å². The summed E-state index contributed by atoms with van der Waals surface area (Å²) in [5.41, 5.74) is 0.656. The molecule has 1 aliphatic rings. The van der Waals surface area contributed by atoms with E-state index in [-0.39, 0.29) is 18.9 Å². The second kappa shape index (κ2) is 9.31. The minimum Gasteiger partial charge on any atom is -0.493 e. The van der Waals surface area contributed by atoms with Gasteiger partial charge in [0, 0.05) is 13.1 Å². The van der Waals surface area contributed by atoms with Crippen molar-refractivity contribution in [3.63, 3.8) is 0 Å². The van der Waals surface area contributed by atoms with E-state index >= 15 is 0 Å². The van der Waals surface area contributed by atoms with Gasteiger partial charge in [0.15, 0.2) is 18.1 Å². The molecule has 0 spiro atoms. The number of esters is 1. The van der Waals surface area contributed by atoms with Crippen molar-refractivity contribution in [3.05, 3.63) is 17.7 Å². The maximum atomic E-state index is 12.1. The largest absolute Gasteiger partial charge is 0.493 e. The summed E-state index contributed by atoms with van der Waals surface area (Å²) in [6, 6.07) is 3.38. The molecule has 1 aromatic carbocycles. The standard InChI is InChI=1S/C19H27NO6/c1-13-5-7-20(8-6-13)17(21)12-26-18(22)11-14-9-15(23-2)19(25-4)16(10-14)24-3/h9-10,13H,5-8,11-12H2,1-4H3. The van der Waals surface area contributed by atoms with Crippen LogP contribution < -0.4 is 14.2 Å². The average molecular weight is 365 g/mol. The van der Waals surface area contributed by atoms with Gasteiger partial charge in [-0.25, -0.2) is 0 Å². The fourth-order valence-electron chi connectivity index (χ4n) is 2.95. The van der Waals surface area contributed by atoms with Gasteiger partial charge in [0.25, 0.3) is 5.91 Å². The molecule has 0 saturated carbocycles. The maximum Gasteiger partial charge on any atom is 0.310 e. The Labute approximate surface area is 154 Å². The highest BCUT2D eigenvalue weighted by molar-refractivity contribution is 5.81. The third kappa shape index (κ3) is 5.03. The lowest BCUT2D eigenvalue weighted by atomic mass is 9.99. The van der Waals surface area contributed by atoms with Crippen LogP contribution in [0, 0.1) is 5.92 Å². The molecule has 1 heterocycles. The van der Waals surface area contributed by atoms with Crippen LogP contribution in [0.15, 0.2) is 12.1 Å². The molecule has 7 heteroatoms. The van der Waals surface area contributed by atoms with Gasteiger partial charge in [0.2, 0.25) is 5.75 Å². The van der Waals surface area contributed by atoms with E-state index in [9.17, 15) is 9.59 Å². The first-order valence-electron chi connectivity index (χ1n) is 8.70. The number of hydrogen-bond donors (Lipinski definition) is 0. The lowest BCUT2D eigenvalue weighted by Crippen LogP contribution is -2.40. The Morgan fingerprint density at radius 1 is 1.04 bits per heavy atom. The number of rotatable bonds is 7. The third-order valence-corrected chi connectivity index (χ3v) is 4.57. The highest BCUT2D eigenvalue weighted by Crippen LogP contribution is 2.38. The van der Waals surface area contributed by atoms with Gasteiger partial charge in [-0.3, -0.25) is 9.59 Å². The van der Waals surface area contributed by atoms with E-state index in [1.165, 1.54) is 21.3 Å². The van der Waals surface area contributed by atoms with Crippen molar-refractivity contribution in [2.45, 2.75) is 26.2 Å². The molecular formula is C19H27NO6. The summed E-state index contributed by atoms with van der Waals surface area (Å²) < 4.78 is 20.9. The highest BCUT2D eigenvalue weighted by Gasteiger charge is 2.21. The van der Waals surface area contributed by atoms with Crippen molar-refractivity contribution in [1.29, 1.82) is 0 Å². The number of nitrogens with zero attached hydrogens (tertiary/aromatic N) is 1. The summed E-state index contributed by atoms with van der Waals surface area (Å²) in [5, 5.41) is 0. The van der Waals surface area contributed by atoms with Gasteiger partial charge in [0.05, 0.1) is 27.8 Å². The Hall–Kier alpha value is -2.44. The average Bonchev–Trinajstić information content (AvgIpc) is 2.65. The van der Waals surface area contributed by atoms with Gasteiger partial charge in [-0.1, -0.05) is 6.92 Å². The monoisotopic (exact) mass is 365 g/mol. The van der Waals surface area contributed by atoms with Crippen LogP contribution in [0.2, 0.25) is 0 Å². The summed E-state index contributed by atoms with van der Waals surface area (Å²) >= 11 is 0. The first kappa shape index (κ1) is 19.9. The van der Waals surface area contributed by atoms with Crippen LogP contribution >= 0.6 is 0 Å². The minimum atomic E-state index is -0.474. The van der Waals surface area contributed by atoms with Gasteiger partial charge >= 0.3 is 5.97 Å². The number of methoxy groups -OCH3 is 3. The molecule has 0 aliphatic carbocycles. The Morgan fingerprint density at radius 3 is 2.12 bits per heavy atom. The van der Waals surface area contributed by atoms with E-state index < -0.39 is 5.97 Å². The Balaban J connectivity index is 1.92. The van der Waals surface area contributed by atoms with Gasteiger partial charge in [0.1, 0.15) is 0 Å². The molecule has 144 valence electrons. The molecule has 0 unspecified atom stereocenters. The lowest BCUT2D eigenvalue weighted by Gasteiger charge is -2.30. The molecule has 0 aromatic heterocycles. The number of carbonyl (C=O) groups excluding carboxylic acids is 2. The molecule has 0 bridgehead atoms. The summed E-state index contributed by atoms with van der Waals surface area (Å²) in [6.45, 7) is 3.41. The molecule has 0 atom stereocenters. The number of hydrogen-bond acceptors (Lipinski definition) is 6. The fourth-order valence-corrected chi connectivity index (χ4v) is 2.95. The molecule has 1 aromatic rings. The van der Waals surface area contributed by atoms with Crippen molar-refractivity contribution in [2.24, 2.45) is 5.92 Å². The van der Waals surface area contributed by atoms with Crippen molar-refractivity contribution in [3.8, 4) is 17.2 Å². The van der Waals surface area contributed by atoms with E-state index in [0.29, 0.717) is 28.7 Å². The fraction of sp³-hybridized carbons (Fsp3) is 0.579. The lowest BCUT2D eigenvalue weighted by molar-refractivity contribution is -0.152. The first-order valence-corrected chi connectivity index (χ1v) is 8.70. The molecule has 26 heavy (non-hydrogen) atoms. The predicted octanol–water partition coefficient (Wildman–Crippen LogP) is 2.06. The molecule has 0 N–H and O–H groups in total. The van der Waals surface area contributed by atoms with E-state index in [2.05, 4.69) is 6.92 Å². The van der Waals surface area contributed by atoms with E-state index in [4.69, 9.17) is 18.9 Å². The third-order valence-electron chi connectivity index (χ3n) is 4.57. The number of carbonyl (C=O) groups is 2. The molecule has 1 amide bonds. The molecule has 1 aliphatic heterocycles. The second-order valence-electron chi connectivity index (χ2n) is 6.43. The van der Waals surface area contributed by atoms with Crippen molar-refractivity contribution in [1.82, 2.24) is 4.90 Å². The number of likely N-dealkylation sites (tertiary alicyclic amines) is 1. The Bertz CT molecular complexity index is 612. The minimum absolute atomic E-state index is 0.0149. The van der Waals surface area contributed by atoms with Crippen LogP contribution in [0.5, 0.6) is 17.2 Å². The number of amides is 1. The van der Waals surface area contributed by atoms with Gasteiger partial charge in [-0.15, -0.1) is 0 Å². The molecule has 0 radical (unpaired) electrons. The SMILES string of the molecule is COc1cc(CC(=O)OCC(=O)N2CCC(C)CC2)cc(OC)c1OC. The van der Waals surface area contributed by atoms with E-state index in [1.807, 2.05) is 0 Å². The summed E-state index contributed by atoms with van der Waals surface area (Å²) in [4.78, 5) is 26.0. The Morgan fingerprint density at radius 2 is 1.62 bits per heavy atom. The summed E-state index contributed by atoms with van der Waals surface area (Å²) in [5.74, 6) is 1.41. The maximum absolute atomic E-state index is 12.1. The zero-order chi connectivity index (χ0) is 19.1. The first-order chi connectivity index (χ1) is 12.5. The van der Waals surface area contributed by atoms with E-state index in [0.717, 1.165) is 25.9 Å². The molecular weight excluding hydrogens is 338 g/mol. The zero-order valence-corrected chi connectivity index (χ0v) is 15.9. The summed E-state index contributed by atoms with van der Waals surface area (Å²) in [7, 11) is 4.54. The van der Waals surface area contributed by atoms with Crippen molar-refractivity contribution >= 4 is 11.9 Å². The normalized spacial score (nSPS) is 14.7. The molecule has 7 nitrogen and oxygen atoms in total. The number of piperidine rings is 1. The molecule has 1 saturated heterocycles. The smallest absolute Gasteiger partial charge is 0.310 e. The second-order valence-corrected chi connectivity index (χ2v) is 6.43. The van der Waals surface area contributed by atoms with Gasteiger partial charge in [-0.2, -0.15) is 0 Å². The van der Waals surface area contributed by atoms with Crippen molar-refractivity contribution < 1.29 is 28.5 Å². The van der Waals surface area contributed by atoms with Crippen LogP contribution in [-0.2, 0) is 20.7 Å². The van der Waals surface area contributed by atoms with Crippen LogP contribution in [0.3, 0.4) is 0 Å². The Kier molecular flexibility index (Phi) is 7.12. The van der Waals surface area contributed by atoms with Gasteiger partial charge in [-0.05, 0) is 36.5 Å². The topological polar surface area (TPSA) is 74.3 Å². The van der Waals surface area contributed by atoms with Gasteiger partial charge < -0.3 is 23.8 Å². The highest BCUT2D eigenvalue weighted by atomic mass is 16.5. The van der Waals surface area contributed by atoms with Crippen LogP contribution in [0.25, 0.3) is 0 Å². The zero-order valence-electron chi connectivity index (χ0n) is 15.9. The van der Waals surface area contributed by atoms with Crippen LogP contribution in [0.4, 0.5) is 0 Å². The quantitative estimate of drug-likeness (QED) is 0.689. The number of ether oxygens (including phenoxy) is 4. The summed E-state index contributed by atoms with van der Waals surface area (Å²) in [6.07, 6.45) is 2.00. The predicted molar refractivity (Wildman–Crippen MR) is 95.7 cm³/mol. The van der Waals surface area contributed by atoms with E-state index in [1.54, 1.807) is 17.0 Å². The molecule has 1 fully saturated rings. The van der Waals surface area contributed by atoms with Crippen molar-refractivity contribution in [2.75, 3.05) is 41.0 Å².